The molecule has 0 aliphatic rings. The SMILES string of the molecule is CCN(CCC(N)=S)C(=O)c1ccccc1Br. The van der Waals surface area contributed by atoms with Crippen molar-refractivity contribution in [3.05, 3.63) is 34.3 Å². The molecule has 3 nitrogen and oxygen atoms in total. The molecule has 1 rings (SSSR count). The van der Waals surface area contributed by atoms with Crippen LogP contribution in [-0.2, 0) is 0 Å². The van der Waals surface area contributed by atoms with Crippen LogP contribution in [0.2, 0.25) is 0 Å². The molecule has 92 valence electrons. The van der Waals surface area contributed by atoms with Crippen LogP contribution in [0.1, 0.15) is 23.7 Å². The Balaban J connectivity index is 2.79. The molecule has 0 bridgehead atoms. The number of carbonyl (C=O) groups excluding carboxylic acids is 1. The largest absolute Gasteiger partial charge is 0.393 e. The van der Waals surface area contributed by atoms with E-state index in [9.17, 15) is 4.79 Å². The minimum absolute atomic E-state index is 0.00350. The van der Waals surface area contributed by atoms with Crippen molar-refractivity contribution in [1.82, 2.24) is 4.90 Å². The Labute approximate surface area is 115 Å². The van der Waals surface area contributed by atoms with E-state index in [1.165, 1.54) is 0 Å². The van der Waals surface area contributed by atoms with Crippen molar-refractivity contribution in [3.8, 4) is 0 Å². The topological polar surface area (TPSA) is 46.3 Å². The maximum Gasteiger partial charge on any atom is 0.254 e. The summed E-state index contributed by atoms with van der Waals surface area (Å²) in [5, 5.41) is 0. The number of amides is 1. The highest BCUT2D eigenvalue weighted by atomic mass is 79.9. The molecule has 0 spiro atoms. The smallest absolute Gasteiger partial charge is 0.254 e. The first-order valence-electron chi connectivity index (χ1n) is 5.38. The monoisotopic (exact) mass is 314 g/mol. The fraction of sp³-hybridized carbons (Fsp3) is 0.333. The van der Waals surface area contributed by atoms with Crippen LogP contribution in [0.15, 0.2) is 28.7 Å². The van der Waals surface area contributed by atoms with Gasteiger partial charge in [-0.2, -0.15) is 0 Å². The Morgan fingerprint density at radius 2 is 2.12 bits per heavy atom. The third-order valence-electron chi connectivity index (χ3n) is 2.40. The van der Waals surface area contributed by atoms with Crippen LogP contribution in [0.3, 0.4) is 0 Å². The van der Waals surface area contributed by atoms with Crippen LogP contribution in [0, 0.1) is 0 Å². The summed E-state index contributed by atoms with van der Waals surface area (Å²) in [7, 11) is 0. The average Bonchev–Trinajstić information content (AvgIpc) is 2.29. The Kier molecular flexibility index (Phi) is 5.58. The molecular weight excluding hydrogens is 300 g/mol. The van der Waals surface area contributed by atoms with Gasteiger partial charge in [-0.05, 0) is 35.0 Å². The summed E-state index contributed by atoms with van der Waals surface area (Å²) in [5.74, 6) is -0.00350. The summed E-state index contributed by atoms with van der Waals surface area (Å²) >= 11 is 8.20. The van der Waals surface area contributed by atoms with Gasteiger partial charge in [-0.1, -0.05) is 24.4 Å². The lowest BCUT2D eigenvalue weighted by Crippen LogP contribution is -2.33. The van der Waals surface area contributed by atoms with Gasteiger partial charge in [0.2, 0.25) is 0 Å². The number of benzene rings is 1. The molecule has 0 aliphatic carbocycles. The van der Waals surface area contributed by atoms with E-state index < -0.39 is 0 Å². The standard InChI is InChI=1S/C12H15BrN2OS/c1-2-15(8-7-11(14)17)12(16)9-5-3-4-6-10(9)13/h3-6H,2,7-8H2,1H3,(H2,14,17). The molecule has 0 saturated heterocycles. The fourth-order valence-electron chi connectivity index (χ4n) is 1.45. The van der Waals surface area contributed by atoms with Crippen molar-refractivity contribution in [2.45, 2.75) is 13.3 Å². The minimum Gasteiger partial charge on any atom is -0.393 e. The molecule has 0 radical (unpaired) electrons. The van der Waals surface area contributed by atoms with Crippen LogP contribution in [0.5, 0.6) is 0 Å². The predicted octanol–water partition coefficient (Wildman–Crippen LogP) is 2.59. The van der Waals surface area contributed by atoms with Crippen LogP contribution in [-0.4, -0.2) is 28.9 Å². The molecule has 0 aliphatic heterocycles. The zero-order valence-electron chi connectivity index (χ0n) is 9.65. The van der Waals surface area contributed by atoms with Gasteiger partial charge in [-0.15, -0.1) is 0 Å². The molecule has 2 N–H and O–H groups in total. The molecule has 0 fully saturated rings. The maximum absolute atomic E-state index is 12.2. The van der Waals surface area contributed by atoms with E-state index in [2.05, 4.69) is 15.9 Å². The lowest BCUT2D eigenvalue weighted by Gasteiger charge is -2.21. The van der Waals surface area contributed by atoms with Crippen LogP contribution >= 0.6 is 28.1 Å². The highest BCUT2D eigenvalue weighted by molar-refractivity contribution is 9.10. The summed E-state index contributed by atoms with van der Waals surface area (Å²) in [6.45, 7) is 3.14. The van der Waals surface area contributed by atoms with Gasteiger partial charge >= 0.3 is 0 Å². The molecule has 1 aromatic carbocycles. The molecule has 1 amide bonds. The zero-order valence-corrected chi connectivity index (χ0v) is 12.1. The maximum atomic E-state index is 12.2. The first-order valence-corrected chi connectivity index (χ1v) is 6.58. The summed E-state index contributed by atoms with van der Waals surface area (Å²) < 4.78 is 0.804. The average molecular weight is 315 g/mol. The third kappa shape index (κ3) is 4.09. The fourth-order valence-corrected chi connectivity index (χ4v) is 2.00. The summed E-state index contributed by atoms with van der Waals surface area (Å²) in [5.41, 5.74) is 6.11. The second-order valence-electron chi connectivity index (χ2n) is 3.58. The highest BCUT2D eigenvalue weighted by Crippen LogP contribution is 2.17. The number of hydrogen-bond acceptors (Lipinski definition) is 2. The van der Waals surface area contributed by atoms with Crippen molar-refractivity contribution >= 4 is 39.0 Å². The minimum atomic E-state index is -0.00350. The Morgan fingerprint density at radius 3 is 2.65 bits per heavy atom. The van der Waals surface area contributed by atoms with E-state index in [0.717, 1.165) is 4.47 Å². The number of nitrogens with two attached hydrogens (primary N) is 1. The number of hydrogen-bond donors (Lipinski definition) is 1. The molecule has 17 heavy (non-hydrogen) atoms. The Morgan fingerprint density at radius 1 is 1.47 bits per heavy atom. The van der Waals surface area contributed by atoms with Gasteiger partial charge in [0.15, 0.2) is 0 Å². The van der Waals surface area contributed by atoms with Gasteiger partial charge in [0.1, 0.15) is 0 Å². The van der Waals surface area contributed by atoms with Crippen LogP contribution in [0.25, 0.3) is 0 Å². The molecule has 0 aromatic heterocycles. The third-order valence-corrected chi connectivity index (χ3v) is 3.30. The molecule has 0 atom stereocenters. The summed E-state index contributed by atoms with van der Waals surface area (Å²) in [6.07, 6.45) is 0.555. The quantitative estimate of drug-likeness (QED) is 0.850. The van der Waals surface area contributed by atoms with Crippen LogP contribution < -0.4 is 5.73 Å². The van der Waals surface area contributed by atoms with E-state index in [1.807, 2.05) is 25.1 Å². The van der Waals surface area contributed by atoms with Gasteiger partial charge in [-0.3, -0.25) is 4.79 Å². The molecule has 0 saturated carbocycles. The predicted molar refractivity (Wildman–Crippen MR) is 77.1 cm³/mol. The molecule has 5 heteroatoms. The van der Waals surface area contributed by atoms with E-state index in [0.29, 0.717) is 30.1 Å². The summed E-state index contributed by atoms with van der Waals surface area (Å²) in [4.78, 5) is 14.4. The molecular formula is C12H15BrN2OS. The van der Waals surface area contributed by atoms with Crippen molar-refractivity contribution in [2.75, 3.05) is 13.1 Å². The number of carbonyl (C=O) groups is 1. The van der Waals surface area contributed by atoms with Crippen molar-refractivity contribution < 1.29 is 4.79 Å². The van der Waals surface area contributed by atoms with Crippen LogP contribution in [0.4, 0.5) is 0 Å². The van der Waals surface area contributed by atoms with Crippen molar-refractivity contribution in [2.24, 2.45) is 5.73 Å². The normalized spacial score (nSPS) is 10.0. The van der Waals surface area contributed by atoms with E-state index in [4.69, 9.17) is 18.0 Å². The van der Waals surface area contributed by atoms with Gasteiger partial charge in [0.25, 0.3) is 5.91 Å². The lowest BCUT2D eigenvalue weighted by atomic mass is 10.2. The highest BCUT2D eigenvalue weighted by Gasteiger charge is 2.16. The van der Waals surface area contributed by atoms with Crippen molar-refractivity contribution in [3.63, 3.8) is 0 Å². The number of rotatable bonds is 5. The van der Waals surface area contributed by atoms with Crippen molar-refractivity contribution in [1.29, 1.82) is 0 Å². The van der Waals surface area contributed by atoms with Gasteiger partial charge in [0, 0.05) is 24.0 Å². The zero-order chi connectivity index (χ0) is 12.8. The van der Waals surface area contributed by atoms with E-state index >= 15 is 0 Å². The molecule has 1 aromatic rings. The Bertz CT molecular complexity index is 423. The number of nitrogens with zero attached hydrogens (tertiary/aromatic N) is 1. The molecule has 0 unspecified atom stereocenters. The number of thiocarbonyl (C=S) groups is 1. The van der Waals surface area contributed by atoms with Gasteiger partial charge < -0.3 is 10.6 Å². The Hall–Kier alpha value is -0.940. The van der Waals surface area contributed by atoms with E-state index in [1.54, 1.807) is 11.0 Å². The molecule has 0 heterocycles. The van der Waals surface area contributed by atoms with Gasteiger partial charge in [-0.25, -0.2) is 0 Å². The van der Waals surface area contributed by atoms with Gasteiger partial charge in [0.05, 0.1) is 10.6 Å². The second-order valence-corrected chi connectivity index (χ2v) is 4.96. The second kappa shape index (κ2) is 6.71. The van der Waals surface area contributed by atoms with E-state index in [-0.39, 0.29) is 5.91 Å². The first kappa shape index (κ1) is 14.1. The number of halogens is 1. The summed E-state index contributed by atoms with van der Waals surface area (Å²) in [6, 6.07) is 7.38. The lowest BCUT2D eigenvalue weighted by molar-refractivity contribution is 0.0768. The first-order chi connectivity index (χ1) is 8.06.